The van der Waals surface area contributed by atoms with Gasteiger partial charge in [-0.25, -0.2) is 0 Å². The van der Waals surface area contributed by atoms with Crippen molar-refractivity contribution in [2.45, 2.75) is 12.5 Å². The largest absolute Gasteiger partial charge is 0.312 e. The van der Waals surface area contributed by atoms with E-state index in [4.69, 9.17) is 11.6 Å². The molecule has 2 rings (SSSR count). The van der Waals surface area contributed by atoms with Gasteiger partial charge in [-0.3, -0.25) is 4.98 Å². The number of hydrogen-bond acceptors (Lipinski definition) is 3. The summed E-state index contributed by atoms with van der Waals surface area (Å²) < 4.78 is 0.838. The molecule has 0 saturated heterocycles. The highest BCUT2D eigenvalue weighted by atomic mass is 35.5. The Bertz CT molecular complexity index is 441. The van der Waals surface area contributed by atoms with E-state index in [0.29, 0.717) is 6.04 Å². The van der Waals surface area contributed by atoms with E-state index in [-0.39, 0.29) is 0 Å². The van der Waals surface area contributed by atoms with Crippen LogP contribution in [0.15, 0.2) is 36.7 Å². The van der Waals surface area contributed by atoms with E-state index in [1.54, 1.807) is 11.3 Å². The fraction of sp³-hybridized carbons (Fsp3) is 0.250. The van der Waals surface area contributed by atoms with E-state index in [1.807, 2.05) is 37.6 Å². The van der Waals surface area contributed by atoms with Gasteiger partial charge in [0.15, 0.2) is 0 Å². The summed E-state index contributed by atoms with van der Waals surface area (Å²) in [5, 5.41) is 3.31. The lowest BCUT2D eigenvalue weighted by atomic mass is 10.1. The number of rotatable bonds is 4. The van der Waals surface area contributed by atoms with Crippen molar-refractivity contribution in [1.29, 1.82) is 0 Å². The lowest BCUT2D eigenvalue weighted by Gasteiger charge is -2.14. The number of nitrogens with zero attached hydrogens (tertiary/aromatic N) is 1. The second-order valence-corrected chi connectivity index (χ2v) is 5.29. The smallest absolute Gasteiger partial charge is 0.0931 e. The van der Waals surface area contributed by atoms with Crippen LogP contribution < -0.4 is 5.32 Å². The maximum atomic E-state index is 5.95. The molecule has 0 radical (unpaired) electrons. The van der Waals surface area contributed by atoms with Gasteiger partial charge in [0, 0.05) is 23.3 Å². The van der Waals surface area contributed by atoms with Crippen molar-refractivity contribution in [2.75, 3.05) is 7.05 Å². The van der Waals surface area contributed by atoms with E-state index in [0.717, 1.165) is 10.8 Å². The van der Waals surface area contributed by atoms with Crippen LogP contribution in [0.4, 0.5) is 0 Å². The fourth-order valence-corrected chi connectivity index (χ4v) is 2.79. The van der Waals surface area contributed by atoms with Gasteiger partial charge in [0.1, 0.15) is 0 Å². The molecule has 0 amide bonds. The zero-order valence-corrected chi connectivity index (χ0v) is 10.6. The van der Waals surface area contributed by atoms with Crippen LogP contribution in [-0.2, 0) is 6.42 Å². The molecule has 0 bridgehead atoms. The zero-order chi connectivity index (χ0) is 11.4. The number of pyridine rings is 1. The summed E-state index contributed by atoms with van der Waals surface area (Å²) in [6, 6.07) is 8.42. The van der Waals surface area contributed by atoms with Gasteiger partial charge in [-0.15, -0.1) is 11.3 Å². The fourth-order valence-electron chi connectivity index (χ4n) is 1.62. The molecule has 4 heteroatoms. The summed E-state index contributed by atoms with van der Waals surface area (Å²) in [6.45, 7) is 0. The van der Waals surface area contributed by atoms with Crippen molar-refractivity contribution in [1.82, 2.24) is 10.3 Å². The van der Waals surface area contributed by atoms with Crippen molar-refractivity contribution < 1.29 is 0 Å². The molecule has 16 heavy (non-hydrogen) atoms. The van der Waals surface area contributed by atoms with Gasteiger partial charge in [-0.05, 0) is 43.3 Å². The molecular formula is C12H13ClN2S. The Labute approximate surface area is 104 Å². The minimum atomic E-state index is 0.319. The average Bonchev–Trinajstić information content (AvgIpc) is 2.74. The van der Waals surface area contributed by atoms with Crippen LogP contribution in [0.1, 0.15) is 16.5 Å². The Morgan fingerprint density at radius 3 is 2.62 bits per heavy atom. The first kappa shape index (κ1) is 11.6. The van der Waals surface area contributed by atoms with Gasteiger partial charge < -0.3 is 5.32 Å². The molecule has 2 aromatic heterocycles. The molecule has 1 N–H and O–H groups in total. The number of likely N-dealkylation sites (N-methyl/N-ethyl adjacent to an activating group) is 1. The summed E-state index contributed by atoms with van der Waals surface area (Å²) in [5.41, 5.74) is 1.28. The Hall–Kier alpha value is -0.900. The third kappa shape index (κ3) is 2.82. The van der Waals surface area contributed by atoms with Crippen LogP contribution in [0.3, 0.4) is 0 Å². The van der Waals surface area contributed by atoms with Crippen molar-refractivity contribution in [3.05, 3.63) is 51.4 Å². The summed E-state index contributed by atoms with van der Waals surface area (Å²) in [5.74, 6) is 0. The summed E-state index contributed by atoms with van der Waals surface area (Å²) >= 11 is 7.57. The monoisotopic (exact) mass is 252 g/mol. The van der Waals surface area contributed by atoms with Crippen LogP contribution in [0.5, 0.6) is 0 Å². The van der Waals surface area contributed by atoms with Crippen LogP contribution in [0, 0.1) is 0 Å². The van der Waals surface area contributed by atoms with Crippen LogP contribution in [-0.4, -0.2) is 12.0 Å². The Balaban J connectivity index is 2.12. The third-order valence-corrected chi connectivity index (χ3v) is 3.82. The Morgan fingerprint density at radius 2 is 2.06 bits per heavy atom. The molecule has 2 heterocycles. The summed E-state index contributed by atoms with van der Waals surface area (Å²) in [7, 11) is 1.97. The van der Waals surface area contributed by atoms with Gasteiger partial charge in [-0.1, -0.05) is 11.6 Å². The number of hydrogen-bond donors (Lipinski definition) is 1. The molecular weight excluding hydrogens is 240 g/mol. The molecule has 2 aromatic rings. The topological polar surface area (TPSA) is 24.9 Å². The highest BCUT2D eigenvalue weighted by Crippen LogP contribution is 2.28. The SMILES string of the molecule is CNC(Cc1ccncc1)c1ccc(Cl)s1. The van der Waals surface area contributed by atoms with Gasteiger partial charge in [0.2, 0.25) is 0 Å². The molecule has 84 valence electrons. The van der Waals surface area contributed by atoms with E-state index >= 15 is 0 Å². The Kier molecular flexibility index (Phi) is 3.93. The summed E-state index contributed by atoms with van der Waals surface area (Å²) in [4.78, 5) is 5.28. The average molecular weight is 253 g/mol. The maximum absolute atomic E-state index is 5.95. The van der Waals surface area contributed by atoms with Gasteiger partial charge >= 0.3 is 0 Å². The summed E-state index contributed by atoms with van der Waals surface area (Å²) in [6.07, 6.45) is 4.60. The molecule has 0 aliphatic carbocycles. The van der Waals surface area contributed by atoms with E-state index in [2.05, 4.69) is 16.4 Å². The quantitative estimate of drug-likeness (QED) is 0.903. The highest BCUT2D eigenvalue weighted by molar-refractivity contribution is 7.16. The van der Waals surface area contributed by atoms with Gasteiger partial charge in [-0.2, -0.15) is 0 Å². The van der Waals surface area contributed by atoms with E-state index in [9.17, 15) is 0 Å². The third-order valence-electron chi connectivity index (χ3n) is 2.48. The predicted octanol–water partition coefficient (Wildman–Crippen LogP) is 3.30. The first-order chi connectivity index (χ1) is 7.79. The second-order valence-electron chi connectivity index (χ2n) is 3.54. The molecule has 0 fully saturated rings. The first-order valence-electron chi connectivity index (χ1n) is 5.11. The van der Waals surface area contributed by atoms with E-state index in [1.165, 1.54) is 10.4 Å². The number of aromatic nitrogens is 1. The van der Waals surface area contributed by atoms with Crippen LogP contribution in [0.25, 0.3) is 0 Å². The Morgan fingerprint density at radius 1 is 1.31 bits per heavy atom. The molecule has 2 nitrogen and oxygen atoms in total. The van der Waals surface area contributed by atoms with Gasteiger partial charge in [0.25, 0.3) is 0 Å². The lowest BCUT2D eigenvalue weighted by Crippen LogP contribution is -2.17. The standard InChI is InChI=1S/C12H13ClN2S/c1-14-10(11-2-3-12(13)16-11)8-9-4-6-15-7-5-9/h2-7,10,14H,8H2,1H3. The molecule has 0 saturated carbocycles. The van der Waals surface area contributed by atoms with Crippen LogP contribution in [0.2, 0.25) is 4.34 Å². The zero-order valence-electron chi connectivity index (χ0n) is 8.98. The van der Waals surface area contributed by atoms with Gasteiger partial charge in [0.05, 0.1) is 4.34 Å². The number of thiophene rings is 1. The number of halogens is 1. The lowest BCUT2D eigenvalue weighted by molar-refractivity contribution is 0.602. The second kappa shape index (κ2) is 5.43. The van der Waals surface area contributed by atoms with E-state index < -0.39 is 0 Å². The molecule has 0 aliphatic heterocycles. The minimum absolute atomic E-state index is 0.319. The number of nitrogens with one attached hydrogen (secondary N) is 1. The predicted molar refractivity (Wildman–Crippen MR) is 69.1 cm³/mol. The van der Waals surface area contributed by atoms with Crippen molar-refractivity contribution in [3.63, 3.8) is 0 Å². The van der Waals surface area contributed by atoms with Crippen molar-refractivity contribution in [2.24, 2.45) is 0 Å². The molecule has 0 aliphatic rings. The van der Waals surface area contributed by atoms with Crippen molar-refractivity contribution >= 4 is 22.9 Å². The highest BCUT2D eigenvalue weighted by Gasteiger charge is 2.12. The molecule has 1 unspecified atom stereocenters. The minimum Gasteiger partial charge on any atom is -0.312 e. The molecule has 0 aromatic carbocycles. The van der Waals surface area contributed by atoms with Crippen LogP contribution >= 0.6 is 22.9 Å². The van der Waals surface area contributed by atoms with Crippen molar-refractivity contribution in [3.8, 4) is 0 Å². The molecule has 0 spiro atoms. The normalized spacial score (nSPS) is 12.6. The maximum Gasteiger partial charge on any atom is 0.0931 e. The molecule has 1 atom stereocenters. The first-order valence-corrected chi connectivity index (χ1v) is 6.30.